The van der Waals surface area contributed by atoms with Crippen molar-refractivity contribution >= 4 is 5.71 Å². The third-order valence-electron chi connectivity index (χ3n) is 7.35. The van der Waals surface area contributed by atoms with Crippen LogP contribution < -0.4 is 11.2 Å². The molecule has 0 aromatic carbocycles. The maximum atomic E-state index is 12.5. The molecule has 1 atom stereocenters. The molecular formula is C20H29N3O3. The van der Waals surface area contributed by atoms with Gasteiger partial charge in [-0.2, -0.15) is 0 Å². The van der Waals surface area contributed by atoms with Crippen LogP contribution in [0.1, 0.15) is 57.9 Å². The molecule has 6 heteroatoms. The van der Waals surface area contributed by atoms with Gasteiger partial charge in [0.2, 0.25) is 5.88 Å². The summed E-state index contributed by atoms with van der Waals surface area (Å²) < 4.78 is 2.13. The average Bonchev–Trinajstić information content (AvgIpc) is 2.57. The normalized spacial score (nSPS) is 34.3. The van der Waals surface area contributed by atoms with Gasteiger partial charge < -0.3 is 5.11 Å². The molecule has 4 saturated carbocycles. The molecule has 0 aliphatic heterocycles. The van der Waals surface area contributed by atoms with Crippen molar-refractivity contribution in [3.63, 3.8) is 0 Å². The molecule has 5 rings (SSSR count). The monoisotopic (exact) mass is 359 g/mol. The first-order chi connectivity index (χ1) is 12.2. The highest BCUT2D eigenvalue weighted by molar-refractivity contribution is 6.00. The highest BCUT2D eigenvalue weighted by atomic mass is 16.3. The maximum Gasteiger partial charge on any atom is 0.333 e. The third-order valence-corrected chi connectivity index (χ3v) is 7.35. The predicted molar refractivity (Wildman–Crippen MR) is 101 cm³/mol. The van der Waals surface area contributed by atoms with E-state index in [0.29, 0.717) is 5.71 Å². The van der Waals surface area contributed by atoms with Crippen LogP contribution in [-0.2, 0) is 14.1 Å². The van der Waals surface area contributed by atoms with Gasteiger partial charge in [0.05, 0.1) is 11.8 Å². The zero-order chi connectivity index (χ0) is 18.8. The number of aromatic hydroxyl groups is 1. The number of aliphatic imine (C=N–C) groups is 1. The van der Waals surface area contributed by atoms with E-state index in [2.05, 4.69) is 6.92 Å². The molecule has 4 aliphatic rings. The Balaban J connectivity index is 1.71. The highest BCUT2D eigenvalue weighted by Gasteiger charge is 2.53. The second-order valence-electron chi connectivity index (χ2n) is 9.07. The van der Waals surface area contributed by atoms with Gasteiger partial charge in [-0.3, -0.25) is 18.9 Å². The van der Waals surface area contributed by atoms with E-state index in [9.17, 15) is 14.7 Å². The van der Waals surface area contributed by atoms with Gasteiger partial charge in [-0.1, -0.05) is 0 Å². The van der Waals surface area contributed by atoms with Gasteiger partial charge in [0.1, 0.15) is 5.56 Å². The molecule has 6 nitrogen and oxygen atoms in total. The van der Waals surface area contributed by atoms with Gasteiger partial charge >= 0.3 is 5.69 Å². The first kappa shape index (κ1) is 17.6. The van der Waals surface area contributed by atoms with Crippen molar-refractivity contribution in [3.05, 3.63) is 26.4 Å². The van der Waals surface area contributed by atoms with E-state index in [4.69, 9.17) is 4.99 Å². The first-order valence-corrected chi connectivity index (χ1v) is 9.75. The van der Waals surface area contributed by atoms with Crippen molar-refractivity contribution in [1.29, 1.82) is 0 Å². The van der Waals surface area contributed by atoms with Crippen LogP contribution in [0.15, 0.2) is 14.6 Å². The molecule has 0 spiro atoms. The van der Waals surface area contributed by atoms with Gasteiger partial charge in [-0.25, -0.2) is 4.79 Å². The van der Waals surface area contributed by atoms with Crippen LogP contribution in [-0.4, -0.2) is 26.0 Å². The predicted octanol–water partition coefficient (Wildman–Crippen LogP) is 2.20. The van der Waals surface area contributed by atoms with Crippen LogP contribution >= 0.6 is 0 Å². The Morgan fingerprint density at radius 1 is 1.08 bits per heavy atom. The van der Waals surface area contributed by atoms with Crippen LogP contribution in [0, 0.1) is 23.2 Å². The van der Waals surface area contributed by atoms with Crippen molar-refractivity contribution in [2.45, 2.75) is 58.4 Å². The molecule has 0 amide bonds. The van der Waals surface area contributed by atoms with Crippen LogP contribution in [0.25, 0.3) is 0 Å². The Labute approximate surface area is 153 Å². The molecule has 1 aromatic rings. The molecular weight excluding hydrogens is 330 g/mol. The van der Waals surface area contributed by atoms with E-state index in [1.54, 1.807) is 6.92 Å². The second-order valence-corrected chi connectivity index (χ2v) is 9.07. The summed E-state index contributed by atoms with van der Waals surface area (Å²) in [5, 5.41) is 10.4. The first-order valence-electron chi connectivity index (χ1n) is 9.75. The minimum absolute atomic E-state index is 0.122. The molecule has 0 radical (unpaired) electrons. The Morgan fingerprint density at radius 3 is 2.08 bits per heavy atom. The summed E-state index contributed by atoms with van der Waals surface area (Å²) in [6, 6.07) is 0.122. The zero-order valence-corrected chi connectivity index (χ0v) is 16.2. The lowest BCUT2D eigenvalue weighted by atomic mass is 9.48. The molecule has 1 heterocycles. The van der Waals surface area contributed by atoms with Gasteiger partial charge in [-0.15, -0.1) is 0 Å². The van der Waals surface area contributed by atoms with Crippen molar-refractivity contribution in [2.24, 2.45) is 42.3 Å². The van der Waals surface area contributed by atoms with Crippen LogP contribution in [0.3, 0.4) is 0 Å². The second kappa shape index (κ2) is 5.83. The molecule has 142 valence electrons. The van der Waals surface area contributed by atoms with Gasteiger partial charge in [0.25, 0.3) is 5.56 Å². The Hall–Kier alpha value is -1.85. The lowest BCUT2D eigenvalue weighted by Gasteiger charge is -2.58. The van der Waals surface area contributed by atoms with E-state index in [1.807, 2.05) is 0 Å². The average molecular weight is 359 g/mol. The Bertz CT molecular complexity index is 858. The largest absolute Gasteiger partial charge is 0.494 e. The topological polar surface area (TPSA) is 76.6 Å². The van der Waals surface area contributed by atoms with Crippen molar-refractivity contribution in [2.75, 3.05) is 0 Å². The number of nitrogens with zero attached hydrogens (tertiary/aromatic N) is 3. The summed E-state index contributed by atoms with van der Waals surface area (Å²) in [6.07, 6.45) is 7.89. The van der Waals surface area contributed by atoms with Crippen LogP contribution in [0.5, 0.6) is 5.88 Å². The van der Waals surface area contributed by atoms with Gasteiger partial charge in [0.15, 0.2) is 0 Å². The summed E-state index contributed by atoms with van der Waals surface area (Å²) in [5.74, 6) is 2.24. The molecule has 4 bridgehead atoms. The fourth-order valence-electron chi connectivity index (χ4n) is 6.33. The molecule has 0 saturated heterocycles. The summed E-state index contributed by atoms with van der Waals surface area (Å²) >= 11 is 0. The van der Waals surface area contributed by atoms with Gasteiger partial charge in [-0.05, 0) is 75.5 Å². The third kappa shape index (κ3) is 2.48. The quantitative estimate of drug-likeness (QED) is 0.841. The molecule has 1 N–H and O–H groups in total. The summed E-state index contributed by atoms with van der Waals surface area (Å²) in [5.41, 5.74) is -0.0896. The summed E-state index contributed by atoms with van der Waals surface area (Å²) in [6.45, 7) is 3.94. The van der Waals surface area contributed by atoms with E-state index >= 15 is 0 Å². The molecule has 1 aromatic heterocycles. The van der Waals surface area contributed by atoms with Crippen molar-refractivity contribution in [3.8, 4) is 5.88 Å². The maximum absolute atomic E-state index is 12.5. The van der Waals surface area contributed by atoms with Crippen LogP contribution in [0.2, 0.25) is 0 Å². The van der Waals surface area contributed by atoms with Gasteiger partial charge in [0, 0.05) is 14.1 Å². The number of hydrogen-bond donors (Lipinski definition) is 1. The Kier molecular flexibility index (Phi) is 3.93. The van der Waals surface area contributed by atoms with E-state index in [-0.39, 0.29) is 22.9 Å². The molecule has 4 aliphatic carbocycles. The van der Waals surface area contributed by atoms with Crippen molar-refractivity contribution in [1.82, 2.24) is 9.13 Å². The fourth-order valence-corrected chi connectivity index (χ4v) is 6.33. The lowest BCUT2D eigenvalue weighted by Crippen LogP contribution is -2.50. The van der Waals surface area contributed by atoms with Crippen LogP contribution in [0.4, 0.5) is 0 Å². The zero-order valence-electron chi connectivity index (χ0n) is 16.2. The Morgan fingerprint density at radius 2 is 1.58 bits per heavy atom. The fraction of sp³-hybridized carbons (Fsp3) is 0.750. The highest BCUT2D eigenvalue weighted by Crippen LogP contribution is 2.61. The molecule has 4 fully saturated rings. The molecule has 26 heavy (non-hydrogen) atoms. The van der Waals surface area contributed by atoms with Crippen molar-refractivity contribution < 1.29 is 5.11 Å². The minimum Gasteiger partial charge on any atom is -0.494 e. The van der Waals surface area contributed by atoms with E-state index in [1.165, 1.54) is 52.6 Å². The standard InChI is InChI=1S/C20H29N3O3/c1-11(16-17(24)22(3)19(26)23(4)18(16)25)21-12(2)20-8-13-5-14(9-20)7-15(6-13)10-20/h12-15,24H,5-10H2,1-4H3/t12-,13?,14?,15?,20?/m0/s1. The lowest BCUT2D eigenvalue weighted by molar-refractivity contribution is -0.0633. The number of rotatable bonds is 3. The minimum atomic E-state index is -0.529. The summed E-state index contributed by atoms with van der Waals surface area (Å²) in [4.78, 5) is 29.4. The number of hydrogen-bond acceptors (Lipinski definition) is 4. The van der Waals surface area contributed by atoms with E-state index < -0.39 is 11.2 Å². The summed E-state index contributed by atoms with van der Waals surface area (Å²) in [7, 11) is 2.90. The SMILES string of the molecule is CC(=N[C@@H](C)C12CC3CC(CC(C3)C1)C2)c1c(O)n(C)c(=O)n(C)c1=O. The molecule has 0 unspecified atom stereocenters. The number of aromatic nitrogens is 2. The van der Waals surface area contributed by atoms with E-state index in [0.717, 1.165) is 26.9 Å². The smallest absolute Gasteiger partial charge is 0.333 e.